The van der Waals surface area contributed by atoms with Crippen molar-refractivity contribution in [1.29, 1.82) is 0 Å². The van der Waals surface area contributed by atoms with E-state index in [-0.39, 0.29) is 11.9 Å². The van der Waals surface area contributed by atoms with Gasteiger partial charge in [0.1, 0.15) is 11.5 Å². The summed E-state index contributed by atoms with van der Waals surface area (Å²) in [6.07, 6.45) is 0.968. The lowest BCUT2D eigenvalue weighted by Gasteiger charge is -2.35. The molecule has 0 aliphatic carbocycles. The number of carbonyl (C=O) groups is 1. The van der Waals surface area contributed by atoms with E-state index in [1.54, 1.807) is 37.7 Å². The average Bonchev–Trinajstić information content (AvgIpc) is 3.23. The van der Waals surface area contributed by atoms with Crippen LogP contribution in [-0.2, 0) is 11.2 Å². The molecule has 2 heterocycles. The van der Waals surface area contributed by atoms with E-state index in [4.69, 9.17) is 9.47 Å². The van der Waals surface area contributed by atoms with E-state index >= 15 is 0 Å². The molecule has 5 nitrogen and oxygen atoms in total. The molecule has 3 aromatic rings. The number of hydrogen-bond donors (Lipinski definition) is 1. The summed E-state index contributed by atoms with van der Waals surface area (Å²) >= 11 is 1.80. The lowest BCUT2D eigenvalue weighted by Crippen LogP contribution is -2.40. The number of ether oxygens (including phenoxy) is 2. The molecule has 2 aromatic carbocycles. The normalized spacial score (nSPS) is 16.1. The van der Waals surface area contributed by atoms with Crippen molar-refractivity contribution in [1.82, 2.24) is 4.90 Å². The van der Waals surface area contributed by atoms with Crippen LogP contribution >= 0.6 is 11.3 Å². The predicted molar refractivity (Wildman–Crippen MR) is 116 cm³/mol. The second-order valence-corrected chi connectivity index (χ2v) is 7.95. The molecule has 0 spiro atoms. The molecule has 1 amide bonds. The molecule has 0 saturated heterocycles. The maximum Gasteiger partial charge on any atom is 0.238 e. The highest BCUT2D eigenvalue weighted by molar-refractivity contribution is 7.10. The van der Waals surface area contributed by atoms with Crippen molar-refractivity contribution in [2.45, 2.75) is 12.5 Å². The topological polar surface area (TPSA) is 50.8 Å². The first kappa shape index (κ1) is 19.5. The van der Waals surface area contributed by atoms with E-state index < -0.39 is 0 Å². The summed E-state index contributed by atoms with van der Waals surface area (Å²) in [5.74, 6) is 1.20. The zero-order valence-corrected chi connectivity index (χ0v) is 17.4. The molecule has 0 fully saturated rings. The first-order valence-electron chi connectivity index (χ1n) is 9.56. The molecule has 1 unspecified atom stereocenters. The number of anilines is 1. The van der Waals surface area contributed by atoms with E-state index in [1.807, 2.05) is 12.1 Å². The van der Waals surface area contributed by atoms with Gasteiger partial charge in [0.2, 0.25) is 5.91 Å². The molecular formula is C23H24N2O3S. The Labute approximate surface area is 174 Å². The highest BCUT2D eigenvalue weighted by Gasteiger charge is 2.30. The third kappa shape index (κ3) is 4.13. The minimum absolute atomic E-state index is 0.0620. The Morgan fingerprint density at radius 3 is 2.72 bits per heavy atom. The highest BCUT2D eigenvalue weighted by atomic mass is 32.1. The van der Waals surface area contributed by atoms with Gasteiger partial charge in [-0.2, -0.15) is 0 Å². The molecule has 1 aliphatic rings. The van der Waals surface area contributed by atoms with E-state index in [1.165, 1.54) is 16.0 Å². The summed E-state index contributed by atoms with van der Waals surface area (Å²) in [7, 11) is 3.18. The number of thiophene rings is 1. The van der Waals surface area contributed by atoms with Crippen LogP contribution in [0.25, 0.3) is 0 Å². The lowest BCUT2D eigenvalue weighted by atomic mass is 9.93. The molecule has 1 atom stereocenters. The predicted octanol–water partition coefficient (Wildman–Crippen LogP) is 4.35. The fraction of sp³-hybridized carbons (Fsp3) is 0.261. The first-order chi connectivity index (χ1) is 14.2. The summed E-state index contributed by atoms with van der Waals surface area (Å²) in [6, 6.07) is 18.1. The Balaban J connectivity index is 1.54. The number of carbonyl (C=O) groups excluding carboxylic acids is 1. The second-order valence-electron chi connectivity index (χ2n) is 6.95. The van der Waals surface area contributed by atoms with Crippen LogP contribution in [-0.4, -0.2) is 38.1 Å². The Kier molecular flexibility index (Phi) is 5.83. The standard InChI is InChI=1S/C23H24N2O3S/c1-27-17-8-9-19(20(14-17)28-2)24-22(26)15-25-12-10-21-18(11-13-29-21)23(25)16-6-4-3-5-7-16/h3-9,11,13-14,23H,10,12,15H2,1-2H3,(H,24,26). The number of benzene rings is 2. The van der Waals surface area contributed by atoms with Crippen molar-refractivity contribution in [3.05, 3.63) is 76.0 Å². The van der Waals surface area contributed by atoms with Gasteiger partial charge in [-0.05, 0) is 41.1 Å². The molecule has 150 valence electrons. The van der Waals surface area contributed by atoms with Crippen molar-refractivity contribution < 1.29 is 14.3 Å². The summed E-state index contributed by atoms with van der Waals surface area (Å²) in [4.78, 5) is 16.5. The van der Waals surface area contributed by atoms with E-state index in [0.29, 0.717) is 23.7 Å². The number of nitrogens with one attached hydrogen (secondary N) is 1. The second kappa shape index (κ2) is 8.68. The fourth-order valence-corrected chi connectivity index (χ4v) is 4.74. The van der Waals surface area contributed by atoms with E-state index in [2.05, 4.69) is 45.9 Å². The number of fused-ring (bicyclic) bond motifs is 1. The van der Waals surface area contributed by atoms with Crippen LogP contribution in [0, 0.1) is 0 Å². The Morgan fingerprint density at radius 1 is 1.14 bits per heavy atom. The largest absolute Gasteiger partial charge is 0.497 e. The van der Waals surface area contributed by atoms with Crippen LogP contribution < -0.4 is 14.8 Å². The molecule has 4 rings (SSSR count). The quantitative estimate of drug-likeness (QED) is 0.659. The smallest absolute Gasteiger partial charge is 0.238 e. The van der Waals surface area contributed by atoms with Gasteiger partial charge >= 0.3 is 0 Å². The minimum atomic E-state index is -0.0620. The number of nitrogens with zero attached hydrogens (tertiary/aromatic N) is 1. The van der Waals surface area contributed by atoms with Gasteiger partial charge in [0.25, 0.3) is 0 Å². The Bertz CT molecular complexity index is 987. The lowest BCUT2D eigenvalue weighted by molar-refractivity contribution is -0.117. The Hall–Kier alpha value is -2.83. The van der Waals surface area contributed by atoms with Crippen LogP contribution in [0.1, 0.15) is 22.0 Å². The molecule has 0 saturated carbocycles. The third-order valence-corrected chi connectivity index (χ3v) is 6.21. The van der Waals surface area contributed by atoms with Gasteiger partial charge in [-0.25, -0.2) is 0 Å². The molecule has 6 heteroatoms. The van der Waals surface area contributed by atoms with E-state index in [9.17, 15) is 4.79 Å². The van der Waals surface area contributed by atoms with Crippen LogP contribution in [0.5, 0.6) is 11.5 Å². The van der Waals surface area contributed by atoms with Crippen molar-refractivity contribution in [3.8, 4) is 11.5 Å². The third-order valence-electron chi connectivity index (χ3n) is 5.21. The molecule has 0 radical (unpaired) electrons. The zero-order chi connectivity index (χ0) is 20.2. The average molecular weight is 409 g/mol. The molecule has 29 heavy (non-hydrogen) atoms. The summed E-state index contributed by atoms with van der Waals surface area (Å²) in [5, 5.41) is 5.14. The zero-order valence-electron chi connectivity index (χ0n) is 16.6. The Morgan fingerprint density at radius 2 is 1.97 bits per heavy atom. The molecule has 1 aliphatic heterocycles. The molecule has 1 N–H and O–H groups in total. The molecular weight excluding hydrogens is 384 g/mol. The highest BCUT2D eigenvalue weighted by Crippen LogP contribution is 2.37. The van der Waals surface area contributed by atoms with Crippen molar-refractivity contribution >= 4 is 22.9 Å². The SMILES string of the molecule is COc1ccc(NC(=O)CN2CCc3sccc3C2c2ccccc2)c(OC)c1. The molecule has 0 bridgehead atoms. The number of hydrogen-bond acceptors (Lipinski definition) is 5. The van der Waals surface area contributed by atoms with Gasteiger partial charge in [-0.3, -0.25) is 9.69 Å². The van der Waals surface area contributed by atoms with Crippen molar-refractivity contribution in [2.75, 3.05) is 32.6 Å². The van der Waals surface area contributed by atoms with Crippen LogP contribution in [0.3, 0.4) is 0 Å². The van der Waals surface area contributed by atoms with Gasteiger partial charge in [0, 0.05) is 17.5 Å². The number of rotatable bonds is 6. The van der Waals surface area contributed by atoms with Crippen molar-refractivity contribution in [3.63, 3.8) is 0 Å². The minimum Gasteiger partial charge on any atom is -0.497 e. The summed E-state index contributed by atoms with van der Waals surface area (Å²) in [6.45, 7) is 1.16. The van der Waals surface area contributed by atoms with Gasteiger partial charge < -0.3 is 14.8 Å². The summed E-state index contributed by atoms with van der Waals surface area (Å²) in [5.41, 5.74) is 3.16. The van der Waals surface area contributed by atoms with Gasteiger partial charge in [-0.15, -0.1) is 11.3 Å². The summed E-state index contributed by atoms with van der Waals surface area (Å²) < 4.78 is 10.6. The maximum atomic E-state index is 12.9. The monoisotopic (exact) mass is 408 g/mol. The van der Waals surface area contributed by atoms with E-state index in [0.717, 1.165) is 13.0 Å². The van der Waals surface area contributed by atoms with Gasteiger partial charge in [0.05, 0.1) is 32.5 Å². The van der Waals surface area contributed by atoms with Crippen LogP contribution in [0.4, 0.5) is 5.69 Å². The molecule has 1 aromatic heterocycles. The van der Waals surface area contributed by atoms with Gasteiger partial charge in [0.15, 0.2) is 0 Å². The first-order valence-corrected chi connectivity index (χ1v) is 10.4. The fourth-order valence-electron chi connectivity index (χ4n) is 3.84. The maximum absolute atomic E-state index is 12.9. The van der Waals surface area contributed by atoms with Gasteiger partial charge in [-0.1, -0.05) is 30.3 Å². The van der Waals surface area contributed by atoms with Crippen LogP contribution in [0.15, 0.2) is 60.0 Å². The number of amides is 1. The number of methoxy groups -OCH3 is 2. The van der Waals surface area contributed by atoms with Crippen molar-refractivity contribution in [2.24, 2.45) is 0 Å². The van der Waals surface area contributed by atoms with Crippen LogP contribution in [0.2, 0.25) is 0 Å².